The van der Waals surface area contributed by atoms with Gasteiger partial charge in [-0.15, -0.1) is 0 Å². The summed E-state index contributed by atoms with van der Waals surface area (Å²) < 4.78 is 5.43. The number of nitro groups is 1. The van der Waals surface area contributed by atoms with Crippen molar-refractivity contribution in [3.8, 4) is 5.75 Å². The van der Waals surface area contributed by atoms with Crippen LogP contribution in [0.25, 0.3) is 0 Å². The minimum atomic E-state index is -0.581. The molecule has 3 rings (SSSR count). The maximum atomic E-state index is 12.4. The van der Waals surface area contributed by atoms with Gasteiger partial charge in [-0.05, 0) is 24.3 Å². The third-order valence-electron chi connectivity index (χ3n) is 4.91. The highest BCUT2D eigenvalue weighted by Gasteiger charge is 2.22. The van der Waals surface area contributed by atoms with Gasteiger partial charge in [0, 0.05) is 50.4 Å². The minimum absolute atomic E-state index is 0.0245. The Balaban J connectivity index is 1.50. The highest BCUT2D eigenvalue weighted by Crippen LogP contribution is 2.28. The molecule has 1 fully saturated rings. The van der Waals surface area contributed by atoms with Gasteiger partial charge < -0.3 is 15.0 Å². The molecule has 0 unspecified atom stereocenters. The van der Waals surface area contributed by atoms with Crippen LogP contribution in [0.15, 0.2) is 42.5 Å². The van der Waals surface area contributed by atoms with E-state index in [9.17, 15) is 14.9 Å². The lowest BCUT2D eigenvalue weighted by Gasteiger charge is -2.36. The molecule has 0 aliphatic carbocycles. The van der Waals surface area contributed by atoms with Crippen molar-refractivity contribution in [1.82, 2.24) is 10.2 Å². The molecule has 29 heavy (non-hydrogen) atoms. The fourth-order valence-electron chi connectivity index (χ4n) is 3.38. The molecule has 8 nitrogen and oxygen atoms in total. The number of hydrogen-bond donors (Lipinski definition) is 1. The Morgan fingerprint density at radius 1 is 1.21 bits per heavy atom. The number of benzene rings is 2. The van der Waals surface area contributed by atoms with Crippen LogP contribution in [0.2, 0.25) is 5.02 Å². The number of amides is 1. The van der Waals surface area contributed by atoms with Gasteiger partial charge in [0.1, 0.15) is 11.3 Å². The first-order valence-corrected chi connectivity index (χ1v) is 9.70. The van der Waals surface area contributed by atoms with Crippen LogP contribution < -0.4 is 15.0 Å². The van der Waals surface area contributed by atoms with Gasteiger partial charge in [-0.1, -0.05) is 23.7 Å². The molecule has 1 amide bonds. The standard InChI is InChI=1S/C20H23ClN4O4/c1-29-19-5-3-2-4-18(19)24-12-10-23(11-13-24)9-8-22-20(26)16-14-15(21)6-7-17(16)25(27)28/h2-7,14H,8-13H2,1H3,(H,22,26). The Kier molecular flexibility index (Phi) is 6.90. The number of carbonyl (C=O) groups excluding carboxylic acids is 1. The van der Waals surface area contributed by atoms with E-state index in [4.69, 9.17) is 16.3 Å². The third kappa shape index (κ3) is 5.16. The first kappa shape index (κ1) is 20.9. The van der Waals surface area contributed by atoms with Gasteiger partial charge in [-0.25, -0.2) is 0 Å². The Morgan fingerprint density at radius 2 is 1.93 bits per heavy atom. The summed E-state index contributed by atoms with van der Waals surface area (Å²) in [5.74, 6) is 0.364. The zero-order chi connectivity index (χ0) is 20.8. The van der Waals surface area contributed by atoms with Crippen molar-refractivity contribution >= 4 is 28.9 Å². The number of anilines is 1. The first-order chi connectivity index (χ1) is 14.0. The SMILES string of the molecule is COc1ccccc1N1CCN(CCNC(=O)c2cc(Cl)ccc2[N+](=O)[O-])CC1. The van der Waals surface area contributed by atoms with E-state index in [-0.39, 0.29) is 16.3 Å². The molecule has 0 spiro atoms. The lowest BCUT2D eigenvalue weighted by molar-refractivity contribution is -0.385. The monoisotopic (exact) mass is 418 g/mol. The number of rotatable bonds is 7. The summed E-state index contributed by atoms with van der Waals surface area (Å²) >= 11 is 5.88. The highest BCUT2D eigenvalue weighted by molar-refractivity contribution is 6.31. The van der Waals surface area contributed by atoms with Crippen LogP contribution in [0, 0.1) is 10.1 Å². The average molecular weight is 419 g/mol. The molecule has 1 saturated heterocycles. The fraction of sp³-hybridized carbons (Fsp3) is 0.350. The molecule has 1 heterocycles. The molecule has 2 aromatic rings. The van der Waals surface area contributed by atoms with Gasteiger partial charge in [-0.2, -0.15) is 0 Å². The van der Waals surface area contributed by atoms with Crippen LogP contribution in [0.1, 0.15) is 10.4 Å². The van der Waals surface area contributed by atoms with E-state index in [0.29, 0.717) is 13.1 Å². The number of carbonyl (C=O) groups is 1. The topological polar surface area (TPSA) is 88.0 Å². The van der Waals surface area contributed by atoms with Crippen molar-refractivity contribution in [3.05, 3.63) is 63.2 Å². The van der Waals surface area contributed by atoms with E-state index in [1.54, 1.807) is 7.11 Å². The van der Waals surface area contributed by atoms with Crippen molar-refractivity contribution in [3.63, 3.8) is 0 Å². The molecule has 0 bridgehead atoms. The van der Waals surface area contributed by atoms with Crippen molar-refractivity contribution in [2.75, 3.05) is 51.3 Å². The molecule has 0 aromatic heterocycles. The van der Waals surface area contributed by atoms with Crippen LogP contribution in [0.3, 0.4) is 0 Å². The molecule has 0 saturated carbocycles. The van der Waals surface area contributed by atoms with Gasteiger partial charge in [0.25, 0.3) is 11.6 Å². The normalized spacial score (nSPS) is 14.5. The molecular weight excluding hydrogens is 396 g/mol. The van der Waals surface area contributed by atoms with E-state index in [2.05, 4.69) is 15.1 Å². The molecule has 1 aliphatic rings. The van der Waals surface area contributed by atoms with Gasteiger partial charge in [0.2, 0.25) is 0 Å². The Labute approximate surface area is 174 Å². The molecular formula is C20H23ClN4O4. The molecule has 1 N–H and O–H groups in total. The number of halogens is 1. The number of piperazine rings is 1. The van der Waals surface area contributed by atoms with Crippen molar-refractivity contribution in [2.24, 2.45) is 0 Å². The summed E-state index contributed by atoms with van der Waals surface area (Å²) in [6.07, 6.45) is 0. The van der Waals surface area contributed by atoms with Gasteiger partial charge in [0.05, 0.1) is 17.7 Å². The number of ether oxygens (including phenoxy) is 1. The zero-order valence-corrected chi connectivity index (χ0v) is 16.9. The number of hydrogen-bond acceptors (Lipinski definition) is 6. The lowest BCUT2D eigenvalue weighted by Crippen LogP contribution is -2.48. The highest BCUT2D eigenvalue weighted by atomic mass is 35.5. The van der Waals surface area contributed by atoms with Gasteiger partial charge in [0.15, 0.2) is 0 Å². The molecule has 9 heteroatoms. The maximum absolute atomic E-state index is 12.4. The van der Waals surface area contributed by atoms with Crippen LogP contribution >= 0.6 is 11.6 Å². The summed E-state index contributed by atoms with van der Waals surface area (Å²) in [4.78, 5) is 27.4. The zero-order valence-electron chi connectivity index (χ0n) is 16.1. The Morgan fingerprint density at radius 3 is 2.62 bits per heavy atom. The number of methoxy groups -OCH3 is 1. The van der Waals surface area contributed by atoms with Crippen molar-refractivity contribution < 1.29 is 14.5 Å². The first-order valence-electron chi connectivity index (χ1n) is 9.32. The van der Waals surface area contributed by atoms with E-state index < -0.39 is 10.8 Å². The summed E-state index contributed by atoms with van der Waals surface area (Å²) in [5.41, 5.74) is 0.803. The van der Waals surface area contributed by atoms with Crippen LogP contribution in [-0.4, -0.2) is 62.1 Å². The molecule has 2 aromatic carbocycles. The van der Waals surface area contributed by atoms with Gasteiger partial charge in [-0.3, -0.25) is 19.8 Å². The van der Waals surface area contributed by atoms with Crippen LogP contribution in [-0.2, 0) is 0 Å². The molecule has 0 radical (unpaired) electrons. The molecule has 1 aliphatic heterocycles. The summed E-state index contributed by atoms with van der Waals surface area (Å²) in [5, 5.41) is 14.2. The smallest absolute Gasteiger partial charge is 0.282 e. The number of nitro benzene ring substituents is 1. The van der Waals surface area contributed by atoms with Crippen LogP contribution in [0.5, 0.6) is 5.75 Å². The number of nitrogens with one attached hydrogen (secondary N) is 1. The molecule has 0 atom stereocenters. The summed E-state index contributed by atoms with van der Waals surface area (Å²) in [6, 6.07) is 11.9. The second-order valence-electron chi connectivity index (χ2n) is 6.68. The molecule has 154 valence electrons. The van der Waals surface area contributed by atoms with Crippen molar-refractivity contribution in [1.29, 1.82) is 0 Å². The maximum Gasteiger partial charge on any atom is 0.282 e. The van der Waals surface area contributed by atoms with E-state index in [0.717, 1.165) is 37.6 Å². The predicted octanol–water partition coefficient (Wildman–Crippen LogP) is 2.81. The predicted molar refractivity (Wildman–Crippen MR) is 112 cm³/mol. The number of para-hydroxylation sites is 2. The Bertz CT molecular complexity index is 885. The lowest BCUT2D eigenvalue weighted by atomic mass is 10.1. The second-order valence-corrected chi connectivity index (χ2v) is 7.11. The summed E-state index contributed by atoms with van der Waals surface area (Å²) in [7, 11) is 1.67. The van der Waals surface area contributed by atoms with Crippen molar-refractivity contribution in [2.45, 2.75) is 0 Å². The van der Waals surface area contributed by atoms with E-state index in [1.807, 2.05) is 24.3 Å². The quantitative estimate of drug-likeness (QED) is 0.549. The van der Waals surface area contributed by atoms with E-state index in [1.165, 1.54) is 18.2 Å². The summed E-state index contributed by atoms with van der Waals surface area (Å²) in [6.45, 7) is 4.48. The Hall–Kier alpha value is -2.84. The largest absolute Gasteiger partial charge is 0.495 e. The second kappa shape index (κ2) is 9.58. The number of nitrogens with zero attached hydrogens (tertiary/aromatic N) is 3. The van der Waals surface area contributed by atoms with Gasteiger partial charge >= 0.3 is 0 Å². The minimum Gasteiger partial charge on any atom is -0.495 e. The fourth-order valence-corrected chi connectivity index (χ4v) is 3.55. The average Bonchev–Trinajstić information content (AvgIpc) is 2.74. The van der Waals surface area contributed by atoms with Crippen LogP contribution in [0.4, 0.5) is 11.4 Å². The van der Waals surface area contributed by atoms with E-state index >= 15 is 0 Å². The third-order valence-corrected chi connectivity index (χ3v) is 5.15.